The molecule has 0 bridgehead atoms. The largest absolute Gasteiger partial charge is 0.450 e. The molecule has 3 rings (SSSR count). The Morgan fingerprint density at radius 3 is 2.69 bits per heavy atom. The number of hydrogen-bond donors (Lipinski definition) is 1. The van der Waals surface area contributed by atoms with E-state index in [1.165, 1.54) is 30.0 Å². The van der Waals surface area contributed by atoms with Gasteiger partial charge in [-0.2, -0.15) is 13.2 Å². The zero-order valence-electron chi connectivity index (χ0n) is 15.1. The maximum Gasteiger partial charge on any atom is 0.417 e. The summed E-state index contributed by atoms with van der Waals surface area (Å²) in [7, 11) is 0. The Morgan fingerprint density at radius 2 is 2.03 bits per heavy atom. The first-order chi connectivity index (χ1) is 13.8. The fraction of sp³-hybridized carbons (Fsp3) is 0.211. The van der Waals surface area contributed by atoms with Crippen LogP contribution in [0.1, 0.15) is 18.1 Å². The number of hydrogen-bond acceptors (Lipinski definition) is 6. The number of aromatic nitrogens is 1. The average Bonchev–Trinajstić information content (AvgIpc) is 2.65. The van der Waals surface area contributed by atoms with Gasteiger partial charge >= 0.3 is 17.9 Å². The zero-order valence-corrected chi connectivity index (χ0v) is 15.9. The van der Waals surface area contributed by atoms with Crippen LogP contribution in [0.4, 0.5) is 23.7 Å². The summed E-state index contributed by atoms with van der Waals surface area (Å²) in [5.74, 6) is 0.297. The Morgan fingerprint density at radius 1 is 1.24 bits per heavy atom. The number of rotatable bonds is 5. The molecule has 0 saturated carbocycles. The fourth-order valence-corrected chi connectivity index (χ4v) is 3.33. The van der Waals surface area contributed by atoms with Crippen LogP contribution in [-0.2, 0) is 16.7 Å². The number of ether oxygens (including phenoxy) is 1. The van der Waals surface area contributed by atoms with Gasteiger partial charge in [0.2, 0.25) is 0 Å². The molecule has 0 atom stereocenters. The van der Waals surface area contributed by atoms with Crippen molar-refractivity contribution in [2.24, 2.45) is 0 Å². The van der Waals surface area contributed by atoms with Gasteiger partial charge in [-0.15, -0.1) is 11.8 Å². The second-order valence-electron chi connectivity index (χ2n) is 5.82. The van der Waals surface area contributed by atoms with Crippen LogP contribution in [0.2, 0.25) is 0 Å². The van der Waals surface area contributed by atoms with Gasteiger partial charge in [0.05, 0.1) is 17.2 Å². The van der Waals surface area contributed by atoms with Crippen LogP contribution in [0.5, 0.6) is 0 Å². The maximum absolute atomic E-state index is 12.6. The third kappa shape index (κ3) is 5.29. The van der Waals surface area contributed by atoms with E-state index in [0.29, 0.717) is 27.4 Å². The van der Waals surface area contributed by atoms with Gasteiger partial charge in [0, 0.05) is 35.2 Å². The average molecular weight is 424 g/mol. The highest BCUT2D eigenvalue weighted by Gasteiger charge is 2.30. The predicted octanol–water partition coefficient (Wildman–Crippen LogP) is 5.07. The molecule has 1 aromatic carbocycles. The number of pyridine rings is 1. The van der Waals surface area contributed by atoms with E-state index in [4.69, 9.17) is 9.15 Å². The molecule has 10 heteroatoms. The summed E-state index contributed by atoms with van der Waals surface area (Å²) in [5, 5.41) is 3.55. The first kappa shape index (κ1) is 20.7. The molecule has 0 aliphatic rings. The molecular weight excluding hydrogens is 409 g/mol. The minimum absolute atomic E-state index is 0.216. The summed E-state index contributed by atoms with van der Waals surface area (Å²) in [4.78, 5) is 27.2. The first-order valence-corrected chi connectivity index (χ1v) is 9.41. The SMILES string of the molecule is CCOC(=O)Nc1ccc2c(CSc3ccc(C(F)(F)F)cn3)cc(=O)oc2c1. The van der Waals surface area contributed by atoms with Crippen molar-refractivity contribution >= 4 is 34.5 Å². The highest BCUT2D eigenvalue weighted by molar-refractivity contribution is 7.98. The van der Waals surface area contributed by atoms with E-state index in [2.05, 4.69) is 10.3 Å². The van der Waals surface area contributed by atoms with Crippen LogP contribution in [0.15, 0.2) is 56.8 Å². The van der Waals surface area contributed by atoms with Crippen LogP contribution in [0.25, 0.3) is 11.0 Å². The number of fused-ring (bicyclic) bond motifs is 1. The van der Waals surface area contributed by atoms with Crippen molar-refractivity contribution in [2.45, 2.75) is 23.9 Å². The molecule has 1 N–H and O–H groups in total. The number of carbonyl (C=O) groups excluding carboxylic acids is 1. The van der Waals surface area contributed by atoms with Crippen LogP contribution >= 0.6 is 11.8 Å². The summed E-state index contributed by atoms with van der Waals surface area (Å²) in [6.45, 7) is 1.89. The molecule has 2 aromatic heterocycles. The van der Waals surface area contributed by atoms with Gasteiger partial charge in [-0.1, -0.05) is 0 Å². The maximum atomic E-state index is 12.6. The van der Waals surface area contributed by atoms with E-state index in [-0.39, 0.29) is 12.2 Å². The summed E-state index contributed by atoms with van der Waals surface area (Å²) >= 11 is 1.19. The van der Waals surface area contributed by atoms with Gasteiger partial charge in [-0.3, -0.25) is 5.32 Å². The second-order valence-corrected chi connectivity index (χ2v) is 6.81. The van der Waals surface area contributed by atoms with E-state index in [1.807, 2.05) is 0 Å². The fourth-order valence-electron chi connectivity index (χ4n) is 2.50. The molecule has 0 aliphatic heterocycles. The second kappa shape index (κ2) is 8.56. The number of anilines is 1. The first-order valence-electron chi connectivity index (χ1n) is 8.43. The topological polar surface area (TPSA) is 81.4 Å². The number of halogens is 3. The summed E-state index contributed by atoms with van der Waals surface area (Å²) < 4.78 is 47.8. The number of amides is 1. The van der Waals surface area contributed by atoms with E-state index >= 15 is 0 Å². The number of nitrogens with one attached hydrogen (secondary N) is 1. The van der Waals surface area contributed by atoms with Gasteiger partial charge in [0.15, 0.2) is 0 Å². The third-order valence-electron chi connectivity index (χ3n) is 3.79. The minimum Gasteiger partial charge on any atom is -0.450 e. The Balaban J connectivity index is 1.80. The third-order valence-corrected chi connectivity index (χ3v) is 4.78. The van der Waals surface area contributed by atoms with Crippen molar-refractivity contribution in [3.8, 4) is 0 Å². The van der Waals surface area contributed by atoms with Gasteiger partial charge in [0.25, 0.3) is 0 Å². The lowest BCUT2D eigenvalue weighted by molar-refractivity contribution is -0.137. The Kier molecular flexibility index (Phi) is 6.12. The number of thioether (sulfide) groups is 1. The summed E-state index contributed by atoms with van der Waals surface area (Å²) in [6.07, 6.45) is -4.30. The lowest BCUT2D eigenvalue weighted by Gasteiger charge is -2.09. The molecule has 152 valence electrons. The number of benzene rings is 1. The highest BCUT2D eigenvalue weighted by atomic mass is 32.2. The molecule has 0 unspecified atom stereocenters. The molecule has 6 nitrogen and oxygen atoms in total. The van der Waals surface area contributed by atoms with Crippen molar-refractivity contribution in [2.75, 3.05) is 11.9 Å². The molecule has 0 spiro atoms. The molecule has 3 aromatic rings. The number of carbonyl (C=O) groups is 1. The Labute approximate surface area is 167 Å². The van der Waals surface area contributed by atoms with Crippen molar-refractivity contribution in [1.82, 2.24) is 4.98 Å². The van der Waals surface area contributed by atoms with Crippen molar-refractivity contribution in [1.29, 1.82) is 0 Å². The normalized spacial score (nSPS) is 11.4. The molecule has 0 saturated heterocycles. The Hall–Kier alpha value is -3.01. The van der Waals surface area contributed by atoms with Crippen molar-refractivity contribution in [3.63, 3.8) is 0 Å². The minimum atomic E-state index is -4.44. The molecule has 0 radical (unpaired) electrons. The van der Waals surface area contributed by atoms with Crippen LogP contribution in [0, 0.1) is 0 Å². The van der Waals surface area contributed by atoms with E-state index in [9.17, 15) is 22.8 Å². The van der Waals surface area contributed by atoms with Gasteiger partial charge < -0.3 is 9.15 Å². The molecule has 0 aliphatic carbocycles. The summed E-state index contributed by atoms with van der Waals surface area (Å²) in [5.41, 5.74) is -0.113. The number of alkyl halides is 3. The summed E-state index contributed by atoms with van der Waals surface area (Å²) in [6, 6.07) is 8.36. The van der Waals surface area contributed by atoms with Crippen LogP contribution in [-0.4, -0.2) is 17.7 Å². The predicted molar refractivity (Wildman–Crippen MR) is 102 cm³/mol. The van der Waals surface area contributed by atoms with E-state index in [0.717, 1.165) is 12.3 Å². The number of nitrogens with zero attached hydrogens (tertiary/aromatic N) is 1. The highest BCUT2D eigenvalue weighted by Crippen LogP contribution is 2.31. The van der Waals surface area contributed by atoms with Gasteiger partial charge in [-0.25, -0.2) is 14.6 Å². The van der Waals surface area contributed by atoms with Crippen LogP contribution < -0.4 is 10.9 Å². The van der Waals surface area contributed by atoms with E-state index in [1.54, 1.807) is 19.1 Å². The smallest absolute Gasteiger partial charge is 0.417 e. The zero-order chi connectivity index (χ0) is 21.0. The van der Waals surface area contributed by atoms with Gasteiger partial charge in [-0.05, 0) is 36.8 Å². The molecule has 1 amide bonds. The molecule has 29 heavy (non-hydrogen) atoms. The quantitative estimate of drug-likeness (QED) is 0.455. The Bertz CT molecular complexity index is 1080. The lowest BCUT2D eigenvalue weighted by atomic mass is 10.1. The lowest BCUT2D eigenvalue weighted by Crippen LogP contribution is -2.13. The molecule has 0 fully saturated rings. The van der Waals surface area contributed by atoms with Crippen molar-refractivity contribution < 1.29 is 27.1 Å². The van der Waals surface area contributed by atoms with Crippen LogP contribution in [0.3, 0.4) is 0 Å². The standard InChI is InChI=1S/C19H15F3N2O4S/c1-2-27-18(26)24-13-4-5-14-11(7-17(25)28-15(14)8-13)10-29-16-6-3-12(9-23-16)19(20,21)22/h3-9H,2,10H2,1H3,(H,24,26). The molecule has 2 heterocycles. The van der Waals surface area contributed by atoms with E-state index < -0.39 is 23.5 Å². The van der Waals surface area contributed by atoms with Crippen molar-refractivity contribution in [3.05, 3.63) is 64.1 Å². The molecular formula is C19H15F3N2O4S. The monoisotopic (exact) mass is 424 g/mol. The van der Waals surface area contributed by atoms with Gasteiger partial charge in [0.1, 0.15) is 5.58 Å².